The molecule has 19 heavy (non-hydrogen) atoms. The Hall–Kier alpha value is -2.05. The number of hydrogen-bond donors (Lipinski definition) is 1. The highest BCUT2D eigenvalue weighted by Gasteiger charge is 2.17. The summed E-state index contributed by atoms with van der Waals surface area (Å²) in [5, 5.41) is 8.39. The van der Waals surface area contributed by atoms with Gasteiger partial charge in [0.15, 0.2) is 0 Å². The van der Waals surface area contributed by atoms with Crippen LogP contribution in [0, 0.1) is 11.6 Å². The molecule has 1 aromatic carbocycles. The number of nitrogens with zero attached hydrogens (tertiary/aromatic N) is 1. The fraction of sp³-hybridized carbons (Fsp3) is 0.250. The van der Waals surface area contributed by atoms with E-state index in [9.17, 15) is 22.4 Å². The maximum atomic E-state index is 13.6. The van der Waals surface area contributed by atoms with E-state index in [1.54, 1.807) is 0 Å². The van der Waals surface area contributed by atoms with E-state index in [2.05, 4.69) is 0 Å². The molecule has 3 nitrogen and oxygen atoms in total. The molecule has 0 aliphatic rings. The van der Waals surface area contributed by atoms with Gasteiger partial charge in [0, 0.05) is 13.1 Å². The second-order valence-electron chi connectivity index (χ2n) is 3.78. The Labute approximate surface area is 106 Å². The number of alkyl halides is 2. The number of carbonyl (C=O) groups is 1. The molecule has 0 aliphatic heterocycles. The maximum absolute atomic E-state index is 13.6. The van der Waals surface area contributed by atoms with Crippen LogP contribution in [-0.2, 0) is 4.79 Å². The first-order chi connectivity index (χ1) is 8.81. The van der Waals surface area contributed by atoms with Crippen LogP contribution < -0.4 is 4.90 Å². The minimum absolute atomic E-state index is 0.00778. The molecule has 7 heteroatoms. The molecule has 1 N–H and O–H groups in total. The number of carboxylic acid groups (broad SMARTS) is 1. The Balaban J connectivity index is 3.07. The molecule has 104 valence electrons. The summed E-state index contributed by atoms with van der Waals surface area (Å²) in [6.45, 7) is -0.807. The number of rotatable bonds is 5. The topological polar surface area (TPSA) is 40.5 Å². The molecule has 0 aliphatic carbocycles. The van der Waals surface area contributed by atoms with Crippen molar-refractivity contribution in [2.24, 2.45) is 0 Å². The fourth-order valence-electron chi connectivity index (χ4n) is 1.51. The molecule has 0 bridgehead atoms. The first kappa shape index (κ1) is 15.0. The summed E-state index contributed by atoms with van der Waals surface area (Å²) in [5.41, 5.74) is -0.584. The summed E-state index contributed by atoms with van der Waals surface area (Å²) < 4.78 is 51.6. The average Bonchev–Trinajstić information content (AvgIpc) is 2.24. The van der Waals surface area contributed by atoms with E-state index in [-0.39, 0.29) is 5.56 Å². The van der Waals surface area contributed by atoms with Gasteiger partial charge < -0.3 is 10.0 Å². The highest BCUT2D eigenvalue weighted by Crippen LogP contribution is 2.25. The van der Waals surface area contributed by atoms with E-state index >= 15 is 0 Å². The van der Waals surface area contributed by atoms with Gasteiger partial charge in [0.1, 0.15) is 17.3 Å². The summed E-state index contributed by atoms with van der Waals surface area (Å²) in [5.74, 6) is -3.33. The third-order valence-electron chi connectivity index (χ3n) is 2.25. The van der Waals surface area contributed by atoms with Crippen LogP contribution in [-0.4, -0.2) is 31.1 Å². The lowest BCUT2D eigenvalue weighted by Gasteiger charge is -2.20. The maximum Gasteiger partial charge on any atom is 0.328 e. The highest BCUT2D eigenvalue weighted by atomic mass is 19.3. The third-order valence-corrected chi connectivity index (χ3v) is 2.25. The average molecular weight is 277 g/mol. The van der Waals surface area contributed by atoms with Crippen LogP contribution in [0.5, 0.6) is 0 Å². The molecule has 0 heterocycles. The third kappa shape index (κ3) is 4.27. The van der Waals surface area contributed by atoms with Gasteiger partial charge in [-0.25, -0.2) is 22.4 Å². The summed E-state index contributed by atoms with van der Waals surface area (Å²) in [7, 11) is 1.14. The Bertz CT molecular complexity index is 479. The second-order valence-corrected chi connectivity index (χ2v) is 3.78. The standard InChI is InChI=1S/C12H11F4NO2/c1-17(6-10(15)16)12-8(13)4-7(5-9(12)14)2-3-11(18)19/h2-5,10H,6H2,1H3,(H,18,19)/b3-2+. The quantitative estimate of drug-likeness (QED) is 0.664. The highest BCUT2D eigenvalue weighted by molar-refractivity contribution is 5.85. The van der Waals surface area contributed by atoms with Crippen molar-refractivity contribution in [1.29, 1.82) is 0 Å². The molecule has 0 saturated carbocycles. The van der Waals surface area contributed by atoms with Crippen molar-refractivity contribution in [3.63, 3.8) is 0 Å². The summed E-state index contributed by atoms with van der Waals surface area (Å²) >= 11 is 0. The van der Waals surface area contributed by atoms with E-state index in [0.717, 1.165) is 36.2 Å². The van der Waals surface area contributed by atoms with Crippen LogP contribution >= 0.6 is 0 Å². The largest absolute Gasteiger partial charge is 0.478 e. The number of benzene rings is 1. The number of anilines is 1. The molecule has 0 unspecified atom stereocenters. The molecule has 0 aromatic heterocycles. The SMILES string of the molecule is CN(CC(F)F)c1c(F)cc(/C=C/C(=O)O)cc1F. The molecule has 1 aromatic rings. The molecule has 0 fully saturated rings. The summed E-state index contributed by atoms with van der Waals surface area (Å²) in [6, 6.07) is 1.75. The van der Waals surface area contributed by atoms with Crippen molar-refractivity contribution in [3.05, 3.63) is 35.4 Å². The molecule has 1 rings (SSSR count). The van der Waals surface area contributed by atoms with Crippen LogP contribution in [0.2, 0.25) is 0 Å². The monoisotopic (exact) mass is 277 g/mol. The lowest BCUT2D eigenvalue weighted by molar-refractivity contribution is -0.131. The van der Waals surface area contributed by atoms with Crippen molar-refractivity contribution < 1.29 is 27.5 Å². The zero-order valence-electron chi connectivity index (χ0n) is 9.91. The normalized spacial score (nSPS) is 11.3. The van der Waals surface area contributed by atoms with Gasteiger partial charge in [0.2, 0.25) is 0 Å². The van der Waals surface area contributed by atoms with Gasteiger partial charge in [-0.05, 0) is 23.8 Å². The Morgan fingerprint density at radius 2 is 1.89 bits per heavy atom. The van der Waals surface area contributed by atoms with E-state index in [4.69, 9.17) is 5.11 Å². The van der Waals surface area contributed by atoms with Crippen molar-refractivity contribution in [2.45, 2.75) is 6.43 Å². The smallest absolute Gasteiger partial charge is 0.328 e. The number of aliphatic carboxylic acids is 1. The summed E-state index contributed by atoms with van der Waals surface area (Å²) in [6.07, 6.45) is -1.00. The Kier molecular flexibility index (Phi) is 4.91. The van der Waals surface area contributed by atoms with Gasteiger partial charge in [-0.3, -0.25) is 0 Å². The molecular weight excluding hydrogens is 266 g/mol. The predicted octanol–water partition coefficient (Wildman–Crippen LogP) is 2.76. The molecule has 0 atom stereocenters. The molecule has 0 radical (unpaired) electrons. The van der Waals surface area contributed by atoms with Crippen molar-refractivity contribution >= 4 is 17.7 Å². The molecule has 0 amide bonds. The van der Waals surface area contributed by atoms with E-state index < -0.39 is 36.3 Å². The van der Waals surface area contributed by atoms with Gasteiger partial charge in [0.05, 0.1) is 6.54 Å². The number of hydrogen-bond acceptors (Lipinski definition) is 2. The van der Waals surface area contributed by atoms with E-state index in [1.807, 2.05) is 0 Å². The lowest BCUT2D eigenvalue weighted by atomic mass is 10.1. The van der Waals surface area contributed by atoms with Crippen molar-refractivity contribution in [3.8, 4) is 0 Å². The van der Waals surface area contributed by atoms with Crippen molar-refractivity contribution in [2.75, 3.05) is 18.5 Å². The zero-order chi connectivity index (χ0) is 14.6. The van der Waals surface area contributed by atoms with E-state index in [1.165, 1.54) is 0 Å². The zero-order valence-corrected chi connectivity index (χ0v) is 9.91. The predicted molar refractivity (Wildman–Crippen MR) is 62.3 cm³/mol. The van der Waals surface area contributed by atoms with Crippen LogP contribution in [0.4, 0.5) is 23.2 Å². The number of halogens is 4. The van der Waals surface area contributed by atoms with Crippen LogP contribution in [0.15, 0.2) is 18.2 Å². The van der Waals surface area contributed by atoms with Gasteiger partial charge in [0.25, 0.3) is 6.43 Å². The molecular formula is C12H11F4NO2. The Morgan fingerprint density at radius 3 is 2.32 bits per heavy atom. The van der Waals surface area contributed by atoms with Gasteiger partial charge in [-0.15, -0.1) is 0 Å². The minimum atomic E-state index is -2.73. The lowest BCUT2D eigenvalue weighted by Crippen LogP contribution is -2.26. The second kappa shape index (κ2) is 6.21. The van der Waals surface area contributed by atoms with Gasteiger partial charge in [-0.1, -0.05) is 0 Å². The summed E-state index contributed by atoms with van der Waals surface area (Å²) in [4.78, 5) is 11.0. The minimum Gasteiger partial charge on any atom is -0.478 e. The van der Waals surface area contributed by atoms with Crippen LogP contribution in [0.3, 0.4) is 0 Å². The Morgan fingerprint density at radius 1 is 1.37 bits per heavy atom. The van der Waals surface area contributed by atoms with E-state index in [0.29, 0.717) is 0 Å². The van der Waals surface area contributed by atoms with Crippen LogP contribution in [0.1, 0.15) is 5.56 Å². The molecule has 0 saturated heterocycles. The van der Waals surface area contributed by atoms with Crippen molar-refractivity contribution in [1.82, 2.24) is 0 Å². The van der Waals surface area contributed by atoms with Gasteiger partial charge in [-0.2, -0.15) is 0 Å². The fourth-order valence-corrected chi connectivity index (χ4v) is 1.51. The molecule has 0 spiro atoms. The van der Waals surface area contributed by atoms with Crippen LogP contribution in [0.25, 0.3) is 6.08 Å². The van der Waals surface area contributed by atoms with Gasteiger partial charge >= 0.3 is 5.97 Å². The first-order valence-corrected chi connectivity index (χ1v) is 5.20. The first-order valence-electron chi connectivity index (χ1n) is 5.20. The number of carboxylic acids is 1.